The Hall–Kier alpha value is -3.44. The molecule has 4 nitrogen and oxygen atoms in total. The van der Waals surface area contributed by atoms with Crippen LogP contribution in [0.2, 0.25) is 5.02 Å². The number of hydrogen-bond acceptors (Lipinski definition) is 3. The molecular formula is C24H15ClFNO3. The maximum atomic E-state index is 14.8. The van der Waals surface area contributed by atoms with E-state index < -0.39 is 23.2 Å². The van der Waals surface area contributed by atoms with Crippen LogP contribution in [0.25, 0.3) is 11.0 Å². The summed E-state index contributed by atoms with van der Waals surface area (Å²) in [7, 11) is 0. The van der Waals surface area contributed by atoms with Gasteiger partial charge in [0.1, 0.15) is 11.4 Å². The second-order valence-corrected chi connectivity index (χ2v) is 7.69. The molecule has 6 heteroatoms. The van der Waals surface area contributed by atoms with Crippen molar-refractivity contribution in [1.29, 1.82) is 0 Å². The summed E-state index contributed by atoms with van der Waals surface area (Å²) in [6.45, 7) is 1.90. The SMILES string of the molecule is Cc1cccc(N2C(=O)c3oc4ccc(Cl)cc4c(=O)c3C2c2ccccc2F)c1. The number of benzene rings is 3. The molecule has 0 spiro atoms. The molecule has 3 aromatic carbocycles. The Labute approximate surface area is 176 Å². The second kappa shape index (κ2) is 6.82. The number of hydrogen-bond donors (Lipinski definition) is 0. The highest BCUT2D eigenvalue weighted by atomic mass is 35.5. The van der Waals surface area contributed by atoms with Crippen molar-refractivity contribution in [2.24, 2.45) is 0 Å². The molecule has 30 heavy (non-hydrogen) atoms. The van der Waals surface area contributed by atoms with Crippen molar-refractivity contribution in [2.75, 3.05) is 4.90 Å². The normalized spacial score (nSPS) is 15.6. The predicted molar refractivity (Wildman–Crippen MR) is 114 cm³/mol. The van der Waals surface area contributed by atoms with Gasteiger partial charge in [-0.2, -0.15) is 0 Å². The minimum atomic E-state index is -0.949. The fourth-order valence-electron chi connectivity index (χ4n) is 3.98. The number of carbonyl (C=O) groups is 1. The van der Waals surface area contributed by atoms with Gasteiger partial charge in [-0.3, -0.25) is 14.5 Å². The van der Waals surface area contributed by atoms with Crippen LogP contribution in [0.1, 0.15) is 33.3 Å². The van der Waals surface area contributed by atoms with Crippen LogP contribution >= 0.6 is 11.6 Å². The molecule has 1 amide bonds. The number of amides is 1. The summed E-state index contributed by atoms with van der Waals surface area (Å²) < 4.78 is 20.7. The number of fused-ring (bicyclic) bond motifs is 2. The van der Waals surface area contributed by atoms with E-state index in [1.807, 2.05) is 25.1 Å². The van der Waals surface area contributed by atoms with Crippen molar-refractivity contribution < 1.29 is 13.6 Å². The molecule has 1 aliphatic rings. The van der Waals surface area contributed by atoms with Crippen molar-refractivity contribution in [2.45, 2.75) is 13.0 Å². The maximum Gasteiger partial charge on any atom is 0.295 e. The van der Waals surface area contributed by atoms with Crippen molar-refractivity contribution in [3.63, 3.8) is 0 Å². The summed E-state index contributed by atoms with van der Waals surface area (Å²) in [4.78, 5) is 28.3. The predicted octanol–water partition coefficient (Wildman–Crippen LogP) is 5.64. The smallest absolute Gasteiger partial charge is 0.295 e. The van der Waals surface area contributed by atoms with Gasteiger partial charge >= 0.3 is 0 Å². The topological polar surface area (TPSA) is 50.5 Å². The van der Waals surface area contributed by atoms with Gasteiger partial charge in [0, 0.05) is 16.3 Å². The summed E-state index contributed by atoms with van der Waals surface area (Å²) in [5, 5.41) is 0.624. The van der Waals surface area contributed by atoms with E-state index in [1.54, 1.807) is 36.4 Å². The van der Waals surface area contributed by atoms with E-state index in [9.17, 15) is 14.0 Å². The Bertz CT molecular complexity index is 1400. The lowest BCUT2D eigenvalue weighted by molar-refractivity contribution is 0.0971. The van der Waals surface area contributed by atoms with Crippen LogP contribution in [0.4, 0.5) is 10.1 Å². The molecule has 0 radical (unpaired) electrons. The van der Waals surface area contributed by atoms with Crippen LogP contribution < -0.4 is 10.3 Å². The summed E-state index contributed by atoms with van der Waals surface area (Å²) in [6, 6.07) is 17.1. The van der Waals surface area contributed by atoms with E-state index in [2.05, 4.69) is 0 Å². The van der Waals surface area contributed by atoms with Gasteiger partial charge in [0.2, 0.25) is 5.76 Å². The average molecular weight is 420 g/mol. The van der Waals surface area contributed by atoms with Crippen LogP contribution in [-0.4, -0.2) is 5.91 Å². The Morgan fingerprint density at radius 1 is 1.00 bits per heavy atom. The van der Waals surface area contributed by atoms with Gasteiger partial charge in [-0.1, -0.05) is 41.9 Å². The molecule has 4 aromatic rings. The van der Waals surface area contributed by atoms with E-state index >= 15 is 0 Å². The van der Waals surface area contributed by atoms with Crippen LogP contribution in [0.15, 0.2) is 75.9 Å². The van der Waals surface area contributed by atoms with Gasteiger partial charge in [-0.25, -0.2) is 4.39 Å². The van der Waals surface area contributed by atoms with E-state index in [1.165, 1.54) is 17.0 Å². The molecule has 1 atom stereocenters. The molecule has 0 fully saturated rings. The molecule has 0 saturated heterocycles. The largest absolute Gasteiger partial charge is 0.450 e. The van der Waals surface area contributed by atoms with Crippen molar-refractivity contribution in [1.82, 2.24) is 0 Å². The monoisotopic (exact) mass is 419 g/mol. The third-order valence-corrected chi connectivity index (χ3v) is 5.55. The minimum Gasteiger partial charge on any atom is -0.450 e. The number of anilines is 1. The zero-order valence-electron chi connectivity index (χ0n) is 15.9. The van der Waals surface area contributed by atoms with Gasteiger partial charge in [0.05, 0.1) is 17.0 Å². The molecule has 0 bridgehead atoms. The van der Waals surface area contributed by atoms with E-state index in [-0.39, 0.29) is 27.9 Å². The first-order valence-corrected chi connectivity index (χ1v) is 9.74. The summed E-state index contributed by atoms with van der Waals surface area (Å²) in [6.07, 6.45) is 0. The molecule has 2 heterocycles. The fraction of sp³-hybridized carbons (Fsp3) is 0.0833. The first-order valence-electron chi connectivity index (χ1n) is 9.36. The van der Waals surface area contributed by atoms with Gasteiger partial charge < -0.3 is 4.42 Å². The first-order chi connectivity index (χ1) is 14.5. The lowest BCUT2D eigenvalue weighted by Gasteiger charge is -2.25. The molecule has 1 unspecified atom stereocenters. The third kappa shape index (κ3) is 2.74. The lowest BCUT2D eigenvalue weighted by atomic mass is 9.97. The van der Waals surface area contributed by atoms with Crippen molar-refractivity contribution >= 4 is 34.2 Å². The Balaban J connectivity index is 1.86. The highest BCUT2D eigenvalue weighted by Gasteiger charge is 2.44. The van der Waals surface area contributed by atoms with Crippen molar-refractivity contribution in [3.05, 3.63) is 110 Å². The summed E-state index contributed by atoms with van der Waals surface area (Å²) in [5.74, 6) is -1.08. The van der Waals surface area contributed by atoms with Crippen LogP contribution in [0.5, 0.6) is 0 Å². The lowest BCUT2D eigenvalue weighted by Crippen LogP contribution is -2.30. The third-order valence-electron chi connectivity index (χ3n) is 5.31. The van der Waals surface area contributed by atoms with Crippen molar-refractivity contribution in [3.8, 4) is 0 Å². The molecule has 0 aliphatic carbocycles. The van der Waals surface area contributed by atoms with E-state index in [0.717, 1.165) is 5.56 Å². The quantitative estimate of drug-likeness (QED) is 0.422. The van der Waals surface area contributed by atoms with Crippen LogP contribution in [-0.2, 0) is 0 Å². The van der Waals surface area contributed by atoms with Gasteiger partial charge in [0.15, 0.2) is 5.43 Å². The average Bonchev–Trinajstić information content (AvgIpc) is 3.01. The zero-order chi connectivity index (χ0) is 21.0. The fourth-order valence-corrected chi connectivity index (χ4v) is 4.15. The Morgan fingerprint density at radius 3 is 2.57 bits per heavy atom. The zero-order valence-corrected chi connectivity index (χ0v) is 16.6. The van der Waals surface area contributed by atoms with Crippen LogP contribution in [0, 0.1) is 12.7 Å². The van der Waals surface area contributed by atoms with Crippen LogP contribution in [0.3, 0.4) is 0 Å². The molecule has 5 rings (SSSR count). The molecule has 1 aromatic heterocycles. The second-order valence-electron chi connectivity index (χ2n) is 7.25. The van der Waals surface area contributed by atoms with E-state index in [4.69, 9.17) is 16.0 Å². The van der Waals surface area contributed by atoms with Gasteiger partial charge in [-0.15, -0.1) is 0 Å². The summed E-state index contributed by atoms with van der Waals surface area (Å²) >= 11 is 6.07. The number of aryl methyl sites for hydroxylation is 1. The number of halogens is 2. The molecule has 0 saturated carbocycles. The summed E-state index contributed by atoms with van der Waals surface area (Å²) in [5.41, 5.74) is 1.68. The number of rotatable bonds is 2. The number of carbonyl (C=O) groups excluding carboxylic acids is 1. The Morgan fingerprint density at radius 2 is 1.80 bits per heavy atom. The van der Waals surface area contributed by atoms with Gasteiger partial charge in [-0.05, 0) is 48.9 Å². The Kier molecular flexibility index (Phi) is 4.22. The van der Waals surface area contributed by atoms with E-state index in [0.29, 0.717) is 10.7 Å². The molecule has 148 valence electrons. The first kappa shape index (κ1) is 18.6. The number of nitrogens with zero attached hydrogens (tertiary/aromatic N) is 1. The standard InChI is InChI=1S/C24H15ClFNO3/c1-13-5-4-6-15(11-13)27-21(16-7-2-3-8-18(16)26)20-22(28)17-12-14(25)9-10-19(17)30-23(20)24(27)29/h2-12,21H,1H3. The molecule has 1 aliphatic heterocycles. The maximum absolute atomic E-state index is 14.8. The highest BCUT2D eigenvalue weighted by molar-refractivity contribution is 6.31. The molecular weight excluding hydrogens is 405 g/mol. The highest BCUT2D eigenvalue weighted by Crippen LogP contribution is 2.42. The van der Waals surface area contributed by atoms with Gasteiger partial charge in [0.25, 0.3) is 5.91 Å². The molecule has 0 N–H and O–H groups in total. The minimum absolute atomic E-state index is 0.0791.